The average Bonchev–Trinajstić information content (AvgIpc) is 3.06. The summed E-state index contributed by atoms with van der Waals surface area (Å²) in [5.41, 5.74) is 1.53. The lowest BCUT2D eigenvalue weighted by atomic mass is 9.45. The van der Waals surface area contributed by atoms with Crippen molar-refractivity contribution in [3.63, 3.8) is 0 Å². The molecule has 2 atom stereocenters. The zero-order valence-electron chi connectivity index (χ0n) is 13.5. The highest BCUT2D eigenvalue weighted by Crippen LogP contribution is 2.64. The number of hydrogen-bond acceptors (Lipinski definition) is 4. The topological polar surface area (TPSA) is 73.8 Å². The Morgan fingerprint density at radius 1 is 1.12 bits per heavy atom. The summed E-state index contributed by atoms with van der Waals surface area (Å²) in [7, 11) is 0. The van der Waals surface area contributed by atoms with Crippen LogP contribution >= 0.6 is 0 Å². The van der Waals surface area contributed by atoms with Gasteiger partial charge in [-0.15, -0.1) is 0 Å². The molecular formula is C18H20N4O2. The van der Waals surface area contributed by atoms with Gasteiger partial charge in [0.05, 0.1) is 5.54 Å². The molecule has 6 heteroatoms. The van der Waals surface area contributed by atoms with Crippen molar-refractivity contribution in [1.82, 2.24) is 14.8 Å². The summed E-state index contributed by atoms with van der Waals surface area (Å²) in [6.07, 6.45) is 8.56. The third kappa shape index (κ3) is 1.88. The Bertz CT molecular complexity index is 786. The van der Waals surface area contributed by atoms with Crippen molar-refractivity contribution < 1.29 is 4.92 Å². The predicted molar refractivity (Wildman–Crippen MR) is 87.5 cm³/mol. The molecule has 1 aromatic carbocycles. The van der Waals surface area contributed by atoms with Crippen LogP contribution in [0.5, 0.6) is 0 Å². The van der Waals surface area contributed by atoms with Gasteiger partial charge < -0.3 is 10.1 Å². The molecular weight excluding hydrogens is 304 g/mol. The molecule has 4 saturated carbocycles. The van der Waals surface area contributed by atoms with Crippen LogP contribution in [-0.4, -0.2) is 19.7 Å². The molecule has 0 N–H and O–H groups in total. The molecule has 0 aliphatic heterocycles. The minimum Gasteiger partial charge on any atom is -0.390 e. The van der Waals surface area contributed by atoms with Gasteiger partial charge >= 0.3 is 5.95 Å². The van der Waals surface area contributed by atoms with Crippen LogP contribution in [0.25, 0.3) is 0 Å². The van der Waals surface area contributed by atoms with Crippen molar-refractivity contribution in [2.24, 2.45) is 11.8 Å². The van der Waals surface area contributed by atoms with Crippen LogP contribution in [0.4, 0.5) is 5.95 Å². The number of rotatable bonds is 3. The Morgan fingerprint density at radius 3 is 2.46 bits per heavy atom. The van der Waals surface area contributed by atoms with Crippen LogP contribution in [0.15, 0.2) is 36.7 Å². The lowest BCUT2D eigenvalue weighted by Gasteiger charge is -2.61. The maximum atomic E-state index is 11.0. The molecule has 4 bridgehead atoms. The van der Waals surface area contributed by atoms with E-state index in [2.05, 4.69) is 40.4 Å². The second-order valence-corrected chi connectivity index (χ2v) is 8.08. The fourth-order valence-corrected chi connectivity index (χ4v) is 6.18. The summed E-state index contributed by atoms with van der Waals surface area (Å²) in [4.78, 5) is 14.4. The number of nitro groups is 1. The smallest absolute Gasteiger partial charge is 0.390 e. The molecule has 0 radical (unpaired) electrons. The zero-order valence-corrected chi connectivity index (χ0v) is 13.5. The normalized spacial score (nSPS) is 36.8. The SMILES string of the molecule is O=[N+]([O-])c1ncn(C23C[C@H]4C[C@@H](CC(c5ccccc5)(C4)C2)C3)n1. The fraction of sp³-hybridized carbons (Fsp3) is 0.556. The second kappa shape index (κ2) is 4.65. The first-order valence-electron chi connectivity index (χ1n) is 8.71. The molecule has 6 rings (SSSR count). The van der Waals surface area contributed by atoms with Crippen LogP contribution in [0.3, 0.4) is 0 Å². The van der Waals surface area contributed by atoms with Gasteiger partial charge in [0.25, 0.3) is 0 Å². The standard InChI is InChI=1S/C18H20N4O2/c23-22(24)16-19-12-21(20-16)18-9-13-6-14(10-18)8-17(7-13,11-18)15-4-2-1-3-5-15/h1-5,12-14H,6-11H2/t13-,14-,17?,18?/m0/s1. The van der Waals surface area contributed by atoms with Gasteiger partial charge in [-0.05, 0) is 66.3 Å². The van der Waals surface area contributed by atoms with Gasteiger partial charge in [0.15, 0.2) is 0 Å². The predicted octanol–water partition coefficient (Wildman–Crippen LogP) is 3.43. The number of aromatic nitrogens is 3. The first kappa shape index (κ1) is 14.1. The highest BCUT2D eigenvalue weighted by molar-refractivity contribution is 5.31. The van der Waals surface area contributed by atoms with Crippen molar-refractivity contribution in [3.05, 3.63) is 52.3 Å². The van der Waals surface area contributed by atoms with E-state index in [1.54, 1.807) is 6.33 Å². The van der Waals surface area contributed by atoms with Crippen molar-refractivity contribution >= 4 is 5.95 Å². The summed E-state index contributed by atoms with van der Waals surface area (Å²) < 4.78 is 1.83. The highest BCUT2D eigenvalue weighted by Gasteiger charge is 2.60. The van der Waals surface area contributed by atoms with E-state index in [1.807, 2.05) is 4.68 Å². The number of benzene rings is 1. The summed E-state index contributed by atoms with van der Waals surface area (Å²) in [5.74, 6) is 1.10. The van der Waals surface area contributed by atoms with Crippen molar-refractivity contribution in [2.75, 3.05) is 0 Å². The molecule has 1 heterocycles. The van der Waals surface area contributed by atoms with Crippen LogP contribution < -0.4 is 0 Å². The van der Waals surface area contributed by atoms with E-state index in [1.165, 1.54) is 24.8 Å². The fourth-order valence-electron chi connectivity index (χ4n) is 6.18. The summed E-state index contributed by atoms with van der Waals surface area (Å²) in [6.45, 7) is 0. The molecule has 6 nitrogen and oxygen atoms in total. The molecule has 4 aliphatic carbocycles. The molecule has 0 unspecified atom stereocenters. The maximum Gasteiger partial charge on any atom is 0.490 e. The first-order chi connectivity index (χ1) is 11.6. The highest BCUT2D eigenvalue weighted by atomic mass is 16.6. The van der Waals surface area contributed by atoms with Gasteiger partial charge in [0.1, 0.15) is 0 Å². The molecule has 0 spiro atoms. The van der Waals surface area contributed by atoms with Crippen LogP contribution in [-0.2, 0) is 11.0 Å². The Balaban J connectivity index is 1.59. The van der Waals surface area contributed by atoms with E-state index >= 15 is 0 Å². The molecule has 4 aliphatic rings. The molecule has 0 saturated heterocycles. The van der Waals surface area contributed by atoms with Gasteiger partial charge in [-0.1, -0.05) is 35.3 Å². The second-order valence-electron chi connectivity index (χ2n) is 8.08. The van der Waals surface area contributed by atoms with Crippen molar-refractivity contribution in [3.8, 4) is 0 Å². The Kier molecular flexibility index (Phi) is 2.74. The van der Waals surface area contributed by atoms with E-state index in [9.17, 15) is 10.1 Å². The molecule has 24 heavy (non-hydrogen) atoms. The summed E-state index contributed by atoms with van der Waals surface area (Å²) in [5, 5.41) is 15.2. The number of hydrogen-bond donors (Lipinski definition) is 0. The van der Waals surface area contributed by atoms with Gasteiger partial charge in [0.2, 0.25) is 6.33 Å². The maximum absolute atomic E-state index is 11.0. The third-order valence-corrected chi connectivity index (χ3v) is 6.55. The van der Waals surface area contributed by atoms with E-state index in [4.69, 9.17) is 0 Å². The third-order valence-electron chi connectivity index (χ3n) is 6.55. The Labute approximate surface area is 140 Å². The van der Waals surface area contributed by atoms with Crippen LogP contribution in [0.2, 0.25) is 0 Å². The molecule has 2 aromatic rings. The quantitative estimate of drug-likeness (QED) is 0.640. The van der Waals surface area contributed by atoms with Gasteiger partial charge in [0, 0.05) is 5.10 Å². The Hall–Kier alpha value is -2.24. The zero-order chi connectivity index (χ0) is 16.4. The van der Waals surface area contributed by atoms with Gasteiger partial charge in [-0.25, -0.2) is 0 Å². The minimum atomic E-state index is -0.496. The molecule has 1 aromatic heterocycles. The van der Waals surface area contributed by atoms with Crippen LogP contribution in [0.1, 0.15) is 44.1 Å². The van der Waals surface area contributed by atoms with Crippen molar-refractivity contribution in [2.45, 2.75) is 49.5 Å². The van der Waals surface area contributed by atoms with E-state index in [0.717, 1.165) is 19.3 Å². The molecule has 4 fully saturated rings. The minimum absolute atomic E-state index is 0.0960. The lowest BCUT2D eigenvalue weighted by Crippen LogP contribution is -2.58. The van der Waals surface area contributed by atoms with Gasteiger partial charge in [-0.3, -0.25) is 0 Å². The average molecular weight is 324 g/mol. The number of nitrogens with zero attached hydrogens (tertiary/aromatic N) is 4. The van der Waals surface area contributed by atoms with E-state index < -0.39 is 4.92 Å². The molecule has 0 amide bonds. The van der Waals surface area contributed by atoms with Crippen LogP contribution in [0, 0.1) is 22.0 Å². The van der Waals surface area contributed by atoms with Gasteiger partial charge in [-0.2, -0.15) is 4.68 Å². The van der Waals surface area contributed by atoms with Crippen molar-refractivity contribution in [1.29, 1.82) is 0 Å². The first-order valence-corrected chi connectivity index (χ1v) is 8.71. The Morgan fingerprint density at radius 2 is 1.83 bits per heavy atom. The molecule has 124 valence electrons. The summed E-state index contributed by atoms with van der Waals surface area (Å²) in [6, 6.07) is 10.8. The van der Waals surface area contributed by atoms with E-state index in [-0.39, 0.29) is 16.9 Å². The lowest BCUT2D eigenvalue weighted by molar-refractivity contribution is -0.394. The summed E-state index contributed by atoms with van der Waals surface area (Å²) >= 11 is 0. The van der Waals surface area contributed by atoms with E-state index in [0.29, 0.717) is 11.8 Å². The largest absolute Gasteiger partial charge is 0.490 e. The monoisotopic (exact) mass is 324 g/mol.